The molecule has 0 amide bonds. The highest BCUT2D eigenvalue weighted by atomic mass is 16.6. The molecule has 1 aromatic carbocycles. The molecule has 2 N–H and O–H groups in total. The number of nitro groups is 1. The summed E-state index contributed by atoms with van der Waals surface area (Å²) < 4.78 is 0. The number of aliphatic hydroxyl groups is 2. The minimum Gasteiger partial charge on any atom is -0.376 e. The quantitative estimate of drug-likeness (QED) is 0.604. The maximum atomic E-state index is 12.0. The second kappa shape index (κ2) is 6.35. The molecule has 8 heteroatoms. The van der Waals surface area contributed by atoms with Crippen LogP contribution in [0.25, 0.3) is 0 Å². The standard InChI is InChI=1S/C17H18N2O6/c1-10(20)16(22)7-14(13-5-3-12(9-18)4-6-13)8-17(23,11(2)21)15(16)19(24)25/h3-6,14-15,22-23H,7-8H2,1-2H3/t14-,15-,16+,17-. The van der Waals surface area contributed by atoms with E-state index in [2.05, 4.69) is 0 Å². The summed E-state index contributed by atoms with van der Waals surface area (Å²) in [4.78, 5) is 34.5. The number of nitrogens with zero attached hydrogens (tertiary/aromatic N) is 2. The van der Waals surface area contributed by atoms with Gasteiger partial charge in [-0.15, -0.1) is 0 Å². The number of carbonyl (C=O) groups is 2. The summed E-state index contributed by atoms with van der Waals surface area (Å²) in [5, 5.41) is 41.8. The van der Waals surface area contributed by atoms with Crippen LogP contribution in [0.2, 0.25) is 0 Å². The molecule has 0 saturated heterocycles. The minimum atomic E-state index is -2.47. The van der Waals surface area contributed by atoms with Crippen molar-refractivity contribution in [1.29, 1.82) is 5.26 Å². The number of rotatable bonds is 4. The number of nitriles is 1. The minimum absolute atomic E-state index is 0.296. The summed E-state index contributed by atoms with van der Waals surface area (Å²) in [5.74, 6) is -2.42. The molecule has 1 saturated carbocycles. The average Bonchev–Trinajstić information content (AvgIpc) is 2.53. The lowest BCUT2D eigenvalue weighted by molar-refractivity contribution is -0.564. The molecule has 1 fully saturated rings. The van der Waals surface area contributed by atoms with Crippen molar-refractivity contribution in [3.8, 4) is 6.07 Å². The van der Waals surface area contributed by atoms with Crippen LogP contribution in [0.4, 0.5) is 0 Å². The number of carbonyl (C=O) groups excluding carboxylic acids is 2. The number of benzene rings is 1. The van der Waals surface area contributed by atoms with E-state index in [0.717, 1.165) is 13.8 Å². The van der Waals surface area contributed by atoms with E-state index in [1.165, 1.54) is 12.1 Å². The van der Waals surface area contributed by atoms with Gasteiger partial charge in [0, 0.05) is 4.92 Å². The number of hydrogen-bond acceptors (Lipinski definition) is 7. The lowest BCUT2D eigenvalue weighted by atomic mass is 9.62. The van der Waals surface area contributed by atoms with E-state index in [-0.39, 0.29) is 12.8 Å². The van der Waals surface area contributed by atoms with Gasteiger partial charge in [-0.25, -0.2) is 0 Å². The Morgan fingerprint density at radius 2 is 1.60 bits per heavy atom. The van der Waals surface area contributed by atoms with E-state index in [0.29, 0.717) is 11.1 Å². The third-order valence-electron chi connectivity index (χ3n) is 4.96. The smallest absolute Gasteiger partial charge is 0.283 e. The van der Waals surface area contributed by atoms with Crippen LogP contribution in [0, 0.1) is 21.4 Å². The highest BCUT2D eigenvalue weighted by Gasteiger charge is 2.67. The first-order valence-electron chi connectivity index (χ1n) is 7.66. The number of ketones is 2. The molecule has 0 bridgehead atoms. The highest BCUT2D eigenvalue weighted by molar-refractivity contribution is 5.91. The van der Waals surface area contributed by atoms with Crippen LogP contribution in [-0.2, 0) is 9.59 Å². The monoisotopic (exact) mass is 346 g/mol. The van der Waals surface area contributed by atoms with Crippen LogP contribution >= 0.6 is 0 Å². The molecular formula is C17H18N2O6. The second-order valence-electron chi connectivity index (χ2n) is 6.49. The van der Waals surface area contributed by atoms with Gasteiger partial charge in [0.2, 0.25) is 0 Å². The van der Waals surface area contributed by atoms with Crippen LogP contribution in [0.15, 0.2) is 24.3 Å². The maximum absolute atomic E-state index is 12.0. The third-order valence-corrected chi connectivity index (χ3v) is 4.96. The van der Waals surface area contributed by atoms with Crippen molar-refractivity contribution in [3.63, 3.8) is 0 Å². The Labute approximate surface area is 143 Å². The largest absolute Gasteiger partial charge is 0.376 e. The molecule has 0 heterocycles. The topological polar surface area (TPSA) is 142 Å². The van der Waals surface area contributed by atoms with Gasteiger partial charge >= 0.3 is 0 Å². The summed E-state index contributed by atoms with van der Waals surface area (Å²) in [6.07, 6.45) is -0.592. The van der Waals surface area contributed by atoms with Crippen molar-refractivity contribution < 1.29 is 24.7 Å². The van der Waals surface area contributed by atoms with Crippen LogP contribution in [0.5, 0.6) is 0 Å². The van der Waals surface area contributed by atoms with Crippen molar-refractivity contribution in [2.24, 2.45) is 0 Å². The van der Waals surface area contributed by atoms with Gasteiger partial charge in [0.25, 0.3) is 6.04 Å². The summed E-state index contributed by atoms with van der Waals surface area (Å²) in [6, 6.07) is 6.02. The van der Waals surface area contributed by atoms with Gasteiger partial charge in [-0.3, -0.25) is 19.7 Å². The van der Waals surface area contributed by atoms with Gasteiger partial charge in [0.15, 0.2) is 22.8 Å². The van der Waals surface area contributed by atoms with Crippen molar-refractivity contribution in [2.45, 2.75) is 49.9 Å². The van der Waals surface area contributed by atoms with Crippen molar-refractivity contribution in [2.75, 3.05) is 0 Å². The first-order valence-corrected chi connectivity index (χ1v) is 7.66. The second-order valence-corrected chi connectivity index (χ2v) is 6.49. The van der Waals surface area contributed by atoms with Crippen LogP contribution < -0.4 is 0 Å². The summed E-state index contributed by atoms with van der Waals surface area (Å²) in [7, 11) is 0. The summed E-state index contributed by atoms with van der Waals surface area (Å²) in [6.45, 7) is 2.00. The lowest BCUT2D eigenvalue weighted by Crippen LogP contribution is -2.69. The molecule has 0 radical (unpaired) electrons. The first kappa shape index (κ1) is 18.7. The zero-order valence-corrected chi connectivity index (χ0v) is 13.8. The van der Waals surface area contributed by atoms with E-state index in [1.54, 1.807) is 12.1 Å². The lowest BCUT2D eigenvalue weighted by Gasteiger charge is -2.45. The van der Waals surface area contributed by atoms with Crippen LogP contribution in [0.3, 0.4) is 0 Å². The molecule has 0 aliphatic heterocycles. The van der Waals surface area contributed by atoms with Crippen LogP contribution in [0.1, 0.15) is 43.7 Å². The number of Topliss-reactive ketones (excluding diaryl/α,β-unsaturated/α-hetero) is 2. The molecule has 2 rings (SSSR count). The van der Waals surface area contributed by atoms with Gasteiger partial charge in [0.05, 0.1) is 11.6 Å². The van der Waals surface area contributed by atoms with E-state index >= 15 is 0 Å². The van der Waals surface area contributed by atoms with Gasteiger partial charge < -0.3 is 10.2 Å². The highest BCUT2D eigenvalue weighted by Crippen LogP contribution is 2.46. The predicted octanol–water partition coefficient (Wildman–Crippen LogP) is 0.721. The van der Waals surface area contributed by atoms with Crippen molar-refractivity contribution in [3.05, 3.63) is 45.5 Å². The molecule has 1 aliphatic rings. The fraction of sp³-hybridized carbons (Fsp3) is 0.471. The predicted molar refractivity (Wildman–Crippen MR) is 85.2 cm³/mol. The molecule has 1 aromatic rings. The average molecular weight is 346 g/mol. The van der Waals surface area contributed by atoms with Crippen molar-refractivity contribution in [1.82, 2.24) is 0 Å². The maximum Gasteiger partial charge on any atom is 0.283 e. The zero-order valence-electron chi connectivity index (χ0n) is 13.8. The van der Waals surface area contributed by atoms with E-state index < -0.39 is 39.7 Å². The fourth-order valence-electron chi connectivity index (χ4n) is 3.53. The zero-order chi connectivity index (χ0) is 19.0. The van der Waals surface area contributed by atoms with Crippen LogP contribution in [-0.4, -0.2) is 43.9 Å². The normalized spacial score (nSPS) is 31.8. The molecule has 8 nitrogen and oxygen atoms in total. The summed E-state index contributed by atoms with van der Waals surface area (Å²) in [5.41, 5.74) is -3.98. The molecular weight excluding hydrogens is 328 g/mol. The van der Waals surface area contributed by atoms with Gasteiger partial charge in [-0.1, -0.05) is 12.1 Å². The van der Waals surface area contributed by atoms with Crippen molar-refractivity contribution >= 4 is 11.6 Å². The third kappa shape index (κ3) is 3.04. The molecule has 132 valence electrons. The van der Waals surface area contributed by atoms with Gasteiger partial charge in [-0.05, 0) is 50.3 Å². The number of hydrogen-bond donors (Lipinski definition) is 2. The molecule has 25 heavy (non-hydrogen) atoms. The first-order chi connectivity index (χ1) is 11.6. The Hall–Kier alpha value is -2.63. The Kier molecular flexibility index (Phi) is 4.75. The summed E-state index contributed by atoms with van der Waals surface area (Å²) >= 11 is 0. The SMILES string of the molecule is CC(=O)[C@]1(O)C[C@H](c2ccc(C#N)cc2)C[C@](O)(C(C)=O)[C@H]1[N+](=O)[O-]. The van der Waals surface area contributed by atoms with E-state index in [4.69, 9.17) is 5.26 Å². The Bertz CT molecular complexity index is 738. The van der Waals surface area contributed by atoms with E-state index in [9.17, 15) is 29.9 Å². The molecule has 0 spiro atoms. The Balaban J connectivity index is 2.57. The molecule has 1 aliphatic carbocycles. The van der Waals surface area contributed by atoms with E-state index in [1.807, 2.05) is 6.07 Å². The molecule has 4 atom stereocenters. The Morgan fingerprint density at radius 1 is 1.16 bits per heavy atom. The van der Waals surface area contributed by atoms with Gasteiger partial charge in [-0.2, -0.15) is 5.26 Å². The fourth-order valence-corrected chi connectivity index (χ4v) is 3.53. The molecule has 0 aromatic heterocycles. The Morgan fingerprint density at radius 3 is 1.92 bits per heavy atom. The molecule has 0 unspecified atom stereocenters. The van der Waals surface area contributed by atoms with Gasteiger partial charge in [0.1, 0.15) is 0 Å².